The Labute approximate surface area is 95.1 Å². The second kappa shape index (κ2) is 6.09. The molecule has 0 bridgehead atoms. The molecule has 17 heavy (non-hydrogen) atoms. The standard InChI is InChI=1S/C9H12N2O6/c12-3-6(4-13)17-8(5-14)11-2-1-7(15)10-9(11)16/h1-2,5-6,8,12-13H,3-4H2,(H,10,15,16). The van der Waals surface area contributed by atoms with Gasteiger partial charge in [0, 0.05) is 12.3 Å². The lowest BCUT2D eigenvalue weighted by Crippen LogP contribution is -2.36. The second-order valence-electron chi connectivity index (χ2n) is 3.17. The normalized spacial score (nSPS) is 12.6. The maximum absolute atomic E-state index is 11.3. The van der Waals surface area contributed by atoms with Gasteiger partial charge in [0.15, 0.2) is 12.5 Å². The van der Waals surface area contributed by atoms with Crippen molar-refractivity contribution in [3.8, 4) is 0 Å². The largest absolute Gasteiger partial charge is 0.394 e. The molecular formula is C9H12N2O6. The first kappa shape index (κ1) is 13.3. The molecule has 1 unspecified atom stereocenters. The van der Waals surface area contributed by atoms with Crippen LogP contribution in [0.5, 0.6) is 0 Å². The van der Waals surface area contributed by atoms with Crippen molar-refractivity contribution < 1.29 is 19.7 Å². The minimum absolute atomic E-state index is 0.317. The van der Waals surface area contributed by atoms with E-state index in [1.165, 1.54) is 0 Å². The highest BCUT2D eigenvalue weighted by atomic mass is 16.5. The van der Waals surface area contributed by atoms with Crippen molar-refractivity contribution in [3.63, 3.8) is 0 Å². The molecule has 0 aromatic carbocycles. The summed E-state index contributed by atoms with van der Waals surface area (Å²) in [6.07, 6.45) is -0.892. The lowest BCUT2D eigenvalue weighted by molar-refractivity contribution is -0.136. The number of nitrogens with zero attached hydrogens (tertiary/aromatic N) is 1. The Morgan fingerprint density at radius 2 is 2.06 bits per heavy atom. The molecular weight excluding hydrogens is 232 g/mol. The number of aldehydes is 1. The molecule has 0 fully saturated rings. The molecule has 0 aliphatic carbocycles. The first-order chi connectivity index (χ1) is 8.12. The molecule has 1 aromatic heterocycles. The van der Waals surface area contributed by atoms with E-state index < -0.39 is 36.8 Å². The molecule has 1 heterocycles. The molecule has 0 radical (unpaired) electrons. The zero-order valence-corrected chi connectivity index (χ0v) is 8.78. The van der Waals surface area contributed by atoms with E-state index in [9.17, 15) is 14.4 Å². The smallest absolute Gasteiger partial charge is 0.330 e. The fraction of sp³-hybridized carbons (Fsp3) is 0.444. The fourth-order valence-corrected chi connectivity index (χ4v) is 1.13. The van der Waals surface area contributed by atoms with Gasteiger partial charge in [0.05, 0.1) is 13.2 Å². The maximum atomic E-state index is 11.3. The molecule has 8 nitrogen and oxygen atoms in total. The summed E-state index contributed by atoms with van der Waals surface area (Å²) in [5.74, 6) is 0. The molecule has 0 aliphatic heterocycles. The molecule has 0 saturated carbocycles. The van der Waals surface area contributed by atoms with Gasteiger partial charge in [-0.1, -0.05) is 0 Å². The van der Waals surface area contributed by atoms with Crippen molar-refractivity contribution in [1.29, 1.82) is 0 Å². The van der Waals surface area contributed by atoms with E-state index in [0.717, 1.165) is 16.8 Å². The second-order valence-corrected chi connectivity index (χ2v) is 3.17. The molecule has 3 N–H and O–H groups in total. The van der Waals surface area contributed by atoms with E-state index in [0.29, 0.717) is 6.29 Å². The Morgan fingerprint density at radius 1 is 1.41 bits per heavy atom. The number of carbonyl (C=O) groups excluding carboxylic acids is 1. The summed E-state index contributed by atoms with van der Waals surface area (Å²) in [6.45, 7) is -1.00. The SMILES string of the molecule is O=CC(OC(CO)CO)n1ccc(=O)[nH]c1=O. The minimum atomic E-state index is -1.32. The van der Waals surface area contributed by atoms with Gasteiger partial charge in [0.2, 0.25) is 0 Å². The van der Waals surface area contributed by atoms with Crippen LogP contribution in [0.2, 0.25) is 0 Å². The van der Waals surface area contributed by atoms with Gasteiger partial charge in [-0.3, -0.25) is 19.1 Å². The first-order valence-electron chi connectivity index (χ1n) is 4.76. The van der Waals surface area contributed by atoms with Crippen molar-refractivity contribution in [2.45, 2.75) is 12.3 Å². The van der Waals surface area contributed by atoms with Gasteiger partial charge in [0.25, 0.3) is 5.56 Å². The van der Waals surface area contributed by atoms with Crippen LogP contribution in [0.3, 0.4) is 0 Å². The van der Waals surface area contributed by atoms with E-state index in [1.807, 2.05) is 4.98 Å². The van der Waals surface area contributed by atoms with Gasteiger partial charge in [-0.05, 0) is 0 Å². The van der Waals surface area contributed by atoms with Gasteiger partial charge in [-0.15, -0.1) is 0 Å². The lowest BCUT2D eigenvalue weighted by atomic mass is 10.4. The summed E-state index contributed by atoms with van der Waals surface area (Å²) in [5, 5.41) is 17.6. The predicted octanol–water partition coefficient (Wildman–Crippen LogP) is -2.40. The number of rotatable bonds is 6. The number of aliphatic hydroxyl groups excluding tert-OH is 2. The third kappa shape index (κ3) is 3.34. The van der Waals surface area contributed by atoms with E-state index in [2.05, 4.69) is 0 Å². The Balaban J connectivity index is 2.97. The highest BCUT2D eigenvalue weighted by molar-refractivity contribution is 5.53. The molecule has 1 rings (SSSR count). The van der Waals surface area contributed by atoms with Gasteiger partial charge in [-0.25, -0.2) is 4.79 Å². The summed E-state index contributed by atoms with van der Waals surface area (Å²) < 4.78 is 5.82. The average molecular weight is 244 g/mol. The zero-order valence-electron chi connectivity index (χ0n) is 8.78. The predicted molar refractivity (Wildman–Crippen MR) is 55.5 cm³/mol. The average Bonchev–Trinajstić information content (AvgIpc) is 2.32. The molecule has 1 aromatic rings. The Hall–Kier alpha value is -1.77. The number of aromatic nitrogens is 2. The van der Waals surface area contributed by atoms with E-state index in [-0.39, 0.29) is 0 Å². The van der Waals surface area contributed by atoms with Crippen LogP contribution in [0, 0.1) is 0 Å². The molecule has 94 valence electrons. The Bertz CT molecular complexity index is 475. The van der Waals surface area contributed by atoms with Crippen molar-refractivity contribution in [2.24, 2.45) is 0 Å². The van der Waals surface area contributed by atoms with Crippen LogP contribution in [0.25, 0.3) is 0 Å². The summed E-state index contributed by atoms with van der Waals surface area (Å²) in [5.41, 5.74) is -1.42. The van der Waals surface area contributed by atoms with Gasteiger partial charge < -0.3 is 14.9 Å². The molecule has 0 spiro atoms. The monoisotopic (exact) mass is 244 g/mol. The van der Waals surface area contributed by atoms with Crippen LogP contribution in [0.1, 0.15) is 6.23 Å². The topological polar surface area (TPSA) is 122 Å². The number of nitrogens with one attached hydrogen (secondary N) is 1. The molecule has 0 amide bonds. The maximum Gasteiger partial charge on any atom is 0.330 e. The van der Waals surface area contributed by atoms with E-state index >= 15 is 0 Å². The van der Waals surface area contributed by atoms with Crippen LogP contribution in [0.4, 0.5) is 0 Å². The summed E-state index contributed by atoms with van der Waals surface area (Å²) in [7, 11) is 0. The Kier molecular flexibility index (Phi) is 4.76. The molecule has 0 aliphatic rings. The van der Waals surface area contributed by atoms with Gasteiger partial charge in [-0.2, -0.15) is 0 Å². The zero-order chi connectivity index (χ0) is 12.8. The first-order valence-corrected chi connectivity index (χ1v) is 4.76. The molecule has 0 saturated heterocycles. The Morgan fingerprint density at radius 3 is 2.53 bits per heavy atom. The van der Waals surface area contributed by atoms with Gasteiger partial charge in [0.1, 0.15) is 6.10 Å². The van der Waals surface area contributed by atoms with Crippen LogP contribution in [-0.2, 0) is 9.53 Å². The minimum Gasteiger partial charge on any atom is -0.394 e. The summed E-state index contributed by atoms with van der Waals surface area (Å²) in [4.78, 5) is 34.9. The fourth-order valence-electron chi connectivity index (χ4n) is 1.13. The number of hydrogen-bond acceptors (Lipinski definition) is 6. The van der Waals surface area contributed by atoms with Crippen molar-refractivity contribution in [3.05, 3.63) is 33.1 Å². The summed E-state index contributed by atoms with van der Waals surface area (Å²) >= 11 is 0. The number of carbonyl (C=O) groups is 1. The number of aliphatic hydroxyl groups is 2. The number of hydrogen-bond donors (Lipinski definition) is 3. The lowest BCUT2D eigenvalue weighted by Gasteiger charge is -2.19. The molecule has 1 atom stereocenters. The van der Waals surface area contributed by atoms with Crippen molar-refractivity contribution >= 4 is 6.29 Å². The number of H-pyrrole nitrogens is 1. The quantitative estimate of drug-likeness (QED) is 0.480. The van der Waals surface area contributed by atoms with Crippen molar-refractivity contribution in [2.75, 3.05) is 13.2 Å². The van der Waals surface area contributed by atoms with Crippen LogP contribution in [-0.4, -0.2) is 45.4 Å². The van der Waals surface area contributed by atoms with Crippen molar-refractivity contribution in [1.82, 2.24) is 9.55 Å². The van der Waals surface area contributed by atoms with Crippen LogP contribution < -0.4 is 11.2 Å². The number of ether oxygens (including phenoxy) is 1. The highest BCUT2D eigenvalue weighted by Gasteiger charge is 2.17. The third-order valence-corrected chi connectivity index (χ3v) is 1.98. The van der Waals surface area contributed by atoms with Gasteiger partial charge >= 0.3 is 5.69 Å². The molecule has 8 heteroatoms. The van der Waals surface area contributed by atoms with E-state index in [1.54, 1.807) is 0 Å². The highest BCUT2D eigenvalue weighted by Crippen LogP contribution is 2.05. The van der Waals surface area contributed by atoms with Crippen LogP contribution >= 0.6 is 0 Å². The summed E-state index contributed by atoms with van der Waals surface area (Å²) in [6, 6.07) is 1.05. The third-order valence-electron chi connectivity index (χ3n) is 1.98. The van der Waals surface area contributed by atoms with E-state index in [4.69, 9.17) is 14.9 Å². The number of aromatic amines is 1. The van der Waals surface area contributed by atoms with Crippen LogP contribution in [0.15, 0.2) is 21.9 Å².